The van der Waals surface area contributed by atoms with Gasteiger partial charge in [-0.1, -0.05) is 17.7 Å². The van der Waals surface area contributed by atoms with Gasteiger partial charge in [-0.15, -0.1) is 0 Å². The summed E-state index contributed by atoms with van der Waals surface area (Å²) < 4.78 is 13.2. The van der Waals surface area contributed by atoms with Gasteiger partial charge < -0.3 is 15.5 Å². The molecule has 0 radical (unpaired) electrons. The van der Waals surface area contributed by atoms with Crippen molar-refractivity contribution in [3.8, 4) is 0 Å². The molecule has 168 valence electrons. The Morgan fingerprint density at radius 3 is 2.28 bits per heavy atom. The summed E-state index contributed by atoms with van der Waals surface area (Å²) in [7, 11) is 0. The average molecular weight is 438 g/mol. The van der Waals surface area contributed by atoms with Crippen LogP contribution < -0.4 is 10.6 Å². The molecule has 2 aromatic rings. The highest BCUT2D eigenvalue weighted by molar-refractivity contribution is 5.98. The lowest BCUT2D eigenvalue weighted by Crippen LogP contribution is -2.54. The van der Waals surface area contributed by atoms with Crippen LogP contribution in [0.2, 0.25) is 0 Å². The van der Waals surface area contributed by atoms with Gasteiger partial charge in [0, 0.05) is 30.3 Å². The third kappa shape index (κ3) is 5.33. The second kappa shape index (κ2) is 9.51. The number of hydrogen-bond acceptors (Lipinski definition) is 3. The average Bonchev–Trinajstić information content (AvgIpc) is 3.61. The van der Waals surface area contributed by atoms with Crippen LogP contribution >= 0.6 is 0 Å². The van der Waals surface area contributed by atoms with Crippen LogP contribution in [-0.4, -0.2) is 47.8 Å². The molecule has 2 aromatic carbocycles. The van der Waals surface area contributed by atoms with Gasteiger partial charge in [0.2, 0.25) is 5.91 Å². The number of amides is 3. The third-order valence-electron chi connectivity index (χ3n) is 6.16. The van der Waals surface area contributed by atoms with Crippen LogP contribution in [0.1, 0.15) is 52.0 Å². The highest BCUT2D eigenvalue weighted by atomic mass is 19.1. The molecule has 1 atom stereocenters. The standard InChI is InChI=1S/C25H28FN3O3/c1-16-3-2-4-19(15-16)23(30)28-22(24(31)27-21-9-10-21)17-11-13-29(14-12-17)25(32)18-5-7-20(26)8-6-18/h2-8,15,17,21-22H,9-14H2,1H3,(H,27,31)(H,28,30)/t22-/m0/s1. The summed E-state index contributed by atoms with van der Waals surface area (Å²) in [6.07, 6.45) is 3.14. The number of nitrogens with one attached hydrogen (secondary N) is 2. The van der Waals surface area contributed by atoms with Crippen LogP contribution in [-0.2, 0) is 4.79 Å². The van der Waals surface area contributed by atoms with E-state index >= 15 is 0 Å². The predicted molar refractivity (Wildman–Crippen MR) is 119 cm³/mol. The molecular weight excluding hydrogens is 409 g/mol. The van der Waals surface area contributed by atoms with E-state index in [1.54, 1.807) is 17.0 Å². The van der Waals surface area contributed by atoms with Gasteiger partial charge in [-0.3, -0.25) is 14.4 Å². The van der Waals surface area contributed by atoms with E-state index < -0.39 is 6.04 Å². The highest BCUT2D eigenvalue weighted by Crippen LogP contribution is 2.25. The summed E-state index contributed by atoms with van der Waals surface area (Å²) >= 11 is 0. The van der Waals surface area contributed by atoms with Gasteiger partial charge in [-0.05, 0) is 74.9 Å². The van der Waals surface area contributed by atoms with Crippen molar-refractivity contribution in [2.45, 2.75) is 44.7 Å². The van der Waals surface area contributed by atoms with E-state index in [0.29, 0.717) is 37.1 Å². The lowest BCUT2D eigenvalue weighted by atomic mass is 9.88. The minimum atomic E-state index is -0.647. The first kappa shape index (κ1) is 22.0. The number of halogens is 1. The molecule has 0 unspecified atom stereocenters. The summed E-state index contributed by atoms with van der Waals surface area (Å²) in [4.78, 5) is 40.3. The summed E-state index contributed by atoms with van der Waals surface area (Å²) in [5.74, 6) is -1.02. The molecule has 1 saturated carbocycles. The zero-order chi connectivity index (χ0) is 22.7. The van der Waals surface area contributed by atoms with Crippen molar-refractivity contribution in [2.75, 3.05) is 13.1 Å². The molecule has 2 fully saturated rings. The van der Waals surface area contributed by atoms with Crippen LogP contribution in [0.3, 0.4) is 0 Å². The molecule has 1 saturated heterocycles. The molecule has 0 bridgehead atoms. The molecule has 1 aliphatic heterocycles. The molecule has 2 N–H and O–H groups in total. The fraction of sp³-hybridized carbons (Fsp3) is 0.400. The number of rotatable bonds is 6. The fourth-order valence-electron chi connectivity index (χ4n) is 4.14. The van der Waals surface area contributed by atoms with E-state index in [0.717, 1.165) is 18.4 Å². The fourth-order valence-corrected chi connectivity index (χ4v) is 4.14. The van der Waals surface area contributed by atoms with Crippen molar-refractivity contribution in [3.63, 3.8) is 0 Å². The maximum absolute atomic E-state index is 13.2. The number of nitrogens with zero attached hydrogens (tertiary/aromatic N) is 1. The molecule has 0 aromatic heterocycles. The van der Waals surface area contributed by atoms with Gasteiger partial charge in [-0.25, -0.2) is 4.39 Å². The lowest BCUT2D eigenvalue weighted by Gasteiger charge is -2.36. The molecule has 2 aliphatic rings. The molecule has 4 rings (SSSR count). The first-order valence-corrected chi connectivity index (χ1v) is 11.1. The summed E-state index contributed by atoms with van der Waals surface area (Å²) in [5, 5.41) is 5.96. The Balaban J connectivity index is 1.42. The number of hydrogen-bond donors (Lipinski definition) is 2. The Kier molecular flexibility index (Phi) is 6.53. The van der Waals surface area contributed by atoms with Gasteiger partial charge in [0.1, 0.15) is 11.9 Å². The molecule has 3 amide bonds. The zero-order valence-corrected chi connectivity index (χ0v) is 18.1. The molecule has 1 aliphatic carbocycles. The van der Waals surface area contributed by atoms with E-state index in [2.05, 4.69) is 10.6 Å². The number of carbonyl (C=O) groups excluding carboxylic acids is 3. The van der Waals surface area contributed by atoms with Crippen molar-refractivity contribution >= 4 is 17.7 Å². The van der Waals surface area contributed by atoms with Crippen molar-refractivity contribution < 1.29 is 18.8 Å². The Hall–Kier alpha value is -3.22. The summed E-state index contributed by atoms with van der Waals surface area (Å²) in [6, 6.07) is 12.4. The minimum absolute atomic E-state index is 0.0697. The third-order valence-corrected chi connectivity index (χ3v) is 6.16. The van der Waals surface area contributed by atoms with E-state index in [1.165, 1.54) is 24.3 Å². The quantitative estimate of drug-likeness (QED) is 0.729. The topological polar surface area (TPSA) is 78.5 Å². The number of benzene rings is 2. The Labute approximate surface area is 187 Å². The zero-order valence-electron chi connectivity index (χ0n) is 18.1. The van der Waals surface area contributed by atoms with Crippen LogP contribution in [0.4, 0.5) is 4.39 Å². The van der Waals surface area contributed by atoms with Crippen LogP contribution in [0.25, 0.3) is 0 Å². The van der Waals surface area contributed by atoms with E-state index in [4.69, 9.17) is 0 Å². The normalized spacial score (nSPS) is 17.5. The first-order chi connectivity index (χ1) is 15.4. The monoisotopic (exact) mass is 437 g/mol. The van der Waals surface area contributed by atoms with Crippen molar-refractivity contribution in [2.24, 2.45) is 5.92 Å². The molecule has 0 spiro atoms. The Morgan fingerprint density at radius 2 is 1.66 bits per heavy atom. The molecule has 1 heterocycles. The molecule has 7 heteroatoms. The van der Waals surface area contributed by atoms with Crippen LogP contribution in [0.15, 0.2) is 48.5 Å². The second-order valence-electron chi connectivity index (χ2n) is 8.74. The van der Waals surface area contributed by atoms with Crippen LogP contribution in [0.5, 0.6) is 0 Å². The largest absolute Gasteiger partial charge is 0.352 e. The Morgan fingerprint density at radius 1 is 0.969 bits per heavy atom. The maximum atomic E-state index is 13.2. The molecule has 6 nitrogen and oxygen atoms in total. The Bertz CT molecular complexity index is 996. The van der Waals surface area contributed by atoms with Crippen molar-refractivity contribution in [1.82, 2.24) is 15.5 Å². The lowest BCUT2D eigenvalue weighted by molar-refractivity contribution is -0.124. The number of likely N-dealkylation sites (tertiary alicyclic amines) is 1. The van der Waals surface area contributed by atoms with Gasteiger partial charge in [0.25, 0.3) is 11.8 Å². The SMILES string of the molecule is Cc1cccc(C(=O)N[C@H](C(=O)NC2CC2)C2CCN(C(=O)c3ccc(F)cc3)CC2)c1. The van der Waals surface area contributed by atoms with E-state index in [-0.39, 0.29) is 35.5 Å². The van der Waals surface area contributed by atoms with Gasteiger partial charge >= 0.3 is 0 Å². The second-order valence-corrected chi connectivity index (χ2v) is 8.74. The number of carbonyl (C=O) groups is 3. The maximum Gasteiger partial charge on any atom is 0.253 e. The molecular formula is C25H28FN3O3. The number of piperidine rings is 1. The molecule has 32 heavy (non-hydrogen) atoms. The van der Waals surface area contributed by atoms with Crippen LogP contribution in [0, 0.1) is 18.7 Å². The highest BCUT2D eigenvalue weighted by Gasteiger charge is 2.36. The van der Waals surface area contributed by atoms with Gasteiger partial charge in [-0.2, -0.15) is 0 Å². The summed E-state index contributed by atoms with van der Waals surface area (Å²) in [6.45, 7) is 2.88. The minimum Gasteiger partial charge on any atom is -0.352 e. The van der Waals surface area contributed by atoms with Gasteiger partial charge in [0.15, 0.2) is 0 Å². The smallest absolute Gasteiger partial charge is 0.253 e. The number of aryl methyl sites for hydroxylation is 1. The van der Waals surface area contributed by atoms with E-state index in [9.17, 15) is 18.8 Å². The van der Waals surface area contributed by atoms with E-state index in [1.807, 2.05) is 19.1 Å². The van der Waals surface area contributed by atoms with Crippen molar-refractivity contribution in [3.05, 3.63) is 71.0 Å². The van der Waals surface area contributed by atoms with Gasteiger partial charge in [0.05, 0.1) is 0 Å². The summed E-state index contributed by atoms with van der Waals surface area (Å²) in [5.41, 5.74) is 1.95. The van der Waals surface area contributed by atoms with Crippen molar-refractivity contribution in [1.29, 1.82) is 0 Å². The first-order valence-electron chi connectivity index (χ1n) is 11.1. The predicted octanol–water partition coefficient (Wildman–Crippen LogP) is 3.06.